The first-order chi connectivity index (χ1) is 8.82. The normalized spacial score (nSPS) is 21.8. The topological polar surface area (TPSA) is 38.8 Å². The predicted molar refractivity (Wildman–Crippen MR) is 56.1 cm³/mol. The third-order valence-electron chi connectivity index (χ3n) is 2.73. The van der Waals surface area contributed by atoms with Gasteiger partial charge < -0.3 is 9.47 Å². The number of hydrogen-bond donors (Lipinski definition) is 0. The summed E-state index contributed by atoms with van der Waals surface area (Å²) in [5, 5.41) is -0.584. The van der Waals surface area contributed by atoms with Gasteiger partial charge in [-0.2, -0.15) is 18.3 Å². The SMILES string of the molecule is COC(=O)CC1(C(F)(F)F)Oc2ccccc2N1F. The van der Waals surface area contributed by atoms with Gasteiger partial charge in [-0.25, -0.2) is 0 Å². The molecule has 1 heterocycles. The van der Waals surface area contributed by atoms with Crippen molar-refractivity contribution in [3.63, 3.8) is 0 Å². The highest BCUT2D eigenvalue weighted by Crippen LogP contribution is 2.51. The molecule has 0 radical (unpaired) electrons. The molecule has 0 spiro atoms. The highest BCUT2D eigenvalue weighted by molar-refractivity contribution is 5.73. The number of rotatable bonds is 2. The van der Waals surface area contributed by atoms with Crippen LogP contribution in [0.1, 0.15) is 6.42 Å². The van der Waals surface area contributed by atoms with Gasteiger partial charge in [0.15, 0.2) is 0 Å². The first kappa shape index (κ1) is 13.4. The minimum Gasteiger partial charge on any atom is -0.469 e. The maximum atomic E-state index is 14.0. The minimum absolute atomic E-state index is 0.286. The number of benzene rings is 1. The number of anilines is 1. The summed E-state index contributed by atoms with van der Waals surface area (Å²) < 4.78 is 62.2. The van der Waals surface area contributed by atoms with Gasteiger partial charge in [-0.05, 0) is 12.1 Å². The Balaban J connectivity index is 2.46. The van der Waals surface area contributed by atoms with Gasteiger partial charge in [0.05, 0.1) is 7.11 Å². The number of ether oxygens (including phenoxy) is 2. The van der Waals surface area contributed by atoms with E-state index in [9.17, 15) is 22.4 Å². The van der Waals surface area contributed by atoms with E-state index in [0.717, 1.165) is 13.2 Å². The van der Waals surface area contributed by atoms with E-state index in [2.05, 4.69) is 9.47 Å². The number of carbonyl (C=O) groups is 1. The second-order valence-corrected chi connectivity index (χ2v) is 3.89. The van der Waals surface area contributed by atoms with E-state index >= 15 is 0 Å². The van der Waals surface area contributed by atoms with Crippen LogP contribution in [0.4, 0.5) is 23.3 Å². The molecule has 8 heteroatoms. The van der Waals surface area contributed by atoms with Crippen LogP contribution in [0.15, 0.2) is 24.3 Å². The second-order valence-electron chi connectivity index (χ2n) is 3.89. The summed E-state index contributed by atoms with van der Waals surface area (Å²) in [5.41, 5.74) is -3.77. The van der Waals surface area contributed by atoms with Crippen molar-refractivity contribution in [1.82, 2.24) is 0 Å². The molecule has 0 saturated carbocycles. The molecule has 19 heavy (non-hydrogen) atoms. The number of methoxy groups -OCH3 is 1. The highest BCUT2D eigenvalue weighted by atomic mass is 19.4. The largest absolute Gasteiger partial charge is 0.469 e. The number of halogens is 4. The first-order valence-corrected chi connectivity index (χ1v) is 5.19. The number of para-hydroxylation sites is 2. The maximum Gasteiger partial charge on any atom is 0.451 e. The molecule has 1 aromatic carbocycles. The summed E-state index contributed by atoms with van der Waals surface area (Å²) in [6.07, 6.45) is -6.42. The minimum atomic E-state index is -5.12. The fourth-order valence-electron chi connectivity index (χ4n) is 1.76. The molecule has 0 aliphatic carbocycles. The number of hydrogen-bond acceptors (Lipinski definition) is 4. The van der Waals surface area contributed by atoms with Crippen molar-refractivity contribution in [3.05, 3.63) is 24.3 Å². The molecule has 0 saturated heterocycles. The zero-order valence-electron chi connectivity index (χ0n) is 9.70. The van der Waals surface area contributed by atoms with Gasteiger partial charge in [0.2, 0.25) is 0 Å². The van der Waals surface area contributed by atoms with E-state index in [1.807, 2.05) is 0 Å². The molecule has 1 unspecified atom stereocenters. The lowest BCUT2D eigenvalue weighted by molar-refractivity contribution is -0.255. The van der Waals surface area contributed by atoms with Crippen molar-refractivity contribution in [2.24, 2.45) is 0 Å². The summed E-state index contributed by atoms with van der Waals surface area (Å²) >= 11 is 0. The van der Waals surface area contributed by atoms with Gasteiger partial charge in [-0.15, -0.1) is 0 Å². The van der Waals surface area contributed by atoms with Crippen molar-refractivity contribution < 1.29 is 31.9 Å². The van der Waals surface area contributed by atoms with Crippen molar-refractivity contribution in [2.45, 2.75) is 18.3 Å². The average Bonchev–Trinajstić information content (AvgIpc) is 2.63. The zero-order chi connectivity index (χ0) is 14.3. The number of carbonyl (C=O) groups excluding carboxylic acids is 1. The van der Waals surface area contributed by atoms with Crippen LogP contribution in [-0.4, -0.2) is 25.0 Å². The van der Waals surface area contributed by atoms with E-state index in [-0.39, 0.29) is 11.4 Å². The lowest BCUT2D eigenvalue weighted by Gasteiger charge is -2.32. The van der Waals surface area contributed by atoms with Crippen LogP contribution in [0.2, 0.25) is 0 Å². The van der Waals surface area contributed by atoms with Crippen LogP contribution >= 0.6 is 0 Å². The van der Waals surface area contributed by atoms with Gasteiger partial charge in [-0.1, -0.05) is 16.6 Å². The van der Waals surface area contributed by atoms with Crippen molar-refractivity contribution >= 4 is 11.7 Å². The second kappa shape index (κ2) is 4.29. The molecule has 4 nitrogen and oxygen atoms in total. The van der Waals surface area contributed by atoms with Crippen LogP contribution in [0.25, 0.3) is 0 Å². The average molecular weight is 279 g/mol. The molecule has 1 aromatic rings. The molecular weight excluding hydrogens is 270 g/mol. The Kier molecular flexibility index (Phi) is 3.03. The Hall–Kier alpha value is -1.99. The van der Waals surface area contributed by atoms with Crippen LogP contribution < -0.4 is 9.86 Å². The molecule has 0 fully saturated rings. The summed E-state index contributed by atoms with van der Waals surface area (Å²) in [7, 11) is 0.914. The van der Waals surface area contributed by atoms with E-state index < -0.39 is 29.4 Å². The fraction of sp³-hybridized carbons (Fsp3) is 0.364. The van der Waals surface area contributed by atoms with Gasteiger partial charge in [-0.3, -0.25) is 4.79 Å². The number of esters is 1. The number of nitrogens with zero attached hydrogens (tertiary/aromatic N) is 1. The summed E-state index contributed by atoms with van der Waals surface area (Å²) in [4.78, 5) is 11.1. The molecule has 2 rings (SSSR count). The zero-order valence-corrected chi connectivity index (χ0v) is 9.70. The van der Waals surface area contributed by atoms with E-state index in [1.54, 1.807) is 0 Å². The predicted octanol–water partition coefficient (Wildman–Crippen LogP) is 2.59. The smallest absolute Gasteiger partial charge is 0.451 e. The van der Waals surface area contributed by atoms with Gasteiger partial charge >= 0.3 is 17.9 Å². The Morgan fingerprint density at radius 3 is 2.58 bits per heavy atom. The van der Waals surface area contributed by atoms with Gasteiger partial charge in [0.25, 0.3) is 0 Å². The van der Waals surface area contributed by atoms with Crippen LogP contribution in [0, 0.1) is 0 Å². The van der Waals surface area contributed by atoms with E-state index in [1.165, 1.54) is 18.2 Å². The van der Waals surface area contributed by atoms with Crippen molar-refractivity contribution in [2.75, 3.05) is 12.2 Å². The van der Waals surface area contributed by atoms with Gasteiger partial charge in [0, 0.05) is 0 Å². The van der Waals surface area contributed by atoms with Crippen LogP contribution in [0.5, 0.6) is 5.75 Å². The molecule has 1 aliphatic rings. The molecule has 0 aromatic heterocycles. The molecule has 1 atom stereocenters. The lowest BCUT2D eigenvalue weighted by Crippen LogP contribution is -2.58. The molecule has 1 aliphatic heterocycles. The number of alkyl halides is 3. The quantitative estimate of drug-likeness (QED) is 0.474. The van der Waals surface area contributed by atoms with Crippen molar-refractivity contribution in [3.8, 4) is 5.75 Å². The standard InChI is InChI=1S/C11H9F4NO3/c1-18-9(17)6-10(11(12,13)14)16(15)7-4-2-3-5-8(7)19-10/h2-5H,6H2,1H3. The molecule has 0 bridgehead atoms. The fourth-order valence-corrected chi connectivity index (χ4v) is 1.76. The van der Waals surface area contributed by atoms with Crippen LogP contribution in [0.3, 0.4) is 0 Å². The first-order valence-electron chi connectivity index (χ1n) is 5.19. The Labute approximate surface area is 105 Å². The highest BCUT2D eigenvalue weighted by Gasteiger charge is 2.67. The van der Waals surface area contributed by atoms with E-state index in [0.29, 0.717) is 0 Å². The third kappa shape index (κ3) is 1.96. The Morgan fingerprint density at radius 2 is 2.05 bits per heavy atom. The third-order valence-corrected chi connectivity index (χ3v) is 2.73. The summed E-state index contributed by atoms with van der Waals surface area (Å²) in [5.74, 6) is -1.51. The summed E-state index contributed by atoms with van der Waals surface area (Å²) in [6, 6.07) is 5.07. The molecule has 0 N–H and O–H groups in total. The molecule has 0 amide bonds. The lowest BCUT2D eigenvalue weighted by atomic mass is 10.1. The summed E-state index contributed by atoms with van der Waals surface area (Å²) in [6.45, 7) is 0. The van der Waals surface area contributed by atoms with Crippen LogP contribution in [-0.2, 0) is 9.53 Å². The monoisotopic (exact) mass is 279 g/mol. The number of fused-ring (bicyclic) bond motifs is 1. The maximum absolute atomic E-state index is 14.0. The Morgan fingerprint density at radius 1 is 1.42 bits per heavy atom. The van der Waals surface area contributed by atoms with Crippen molar-refractivity contribution in [1.29, 1.82) is 0 Å². The Bertz CT molecular complexity index is 505. The van der Waals surface area contributed by atoms with Gasteiger partial charge in [0.1, 0.15) is 17.9 Å². The molecule has 104 valence electrons. The molecular formula is C11H9F4NO3. The van der Waals surface area contributed by atoms with E-state index in [4.69, 9.17) is 0 Å².